The fourth-order valence-corrected chi connectivity index (χ4v) is 0. The van der Waals surface area contributed by atoms with E-state index < -0.39 is 0 Å². The maximum absolute atomic E-state index is 4.50. The van der Waals surface area contributed by atoms with Crippen LogP contribution in [-0.4, -0.2) is 17.3 Å². The summed E-state index contributed by atoms with van der Waals surface area (Å²) < 4.78 is 0. The maximum Gasteiger partial charge on any atom is 0.00278 e. The van der Waals surface area contributed by atoms with Crippen LogP contribution in [0.25, 0.3) is 0 Å². The van der Waals surface area contributed by atoms with Gasteiger partial charge in [-0.3, -0.25) is 0 Å². The zero-order valence-electron chi connectivity index (χ0n) is 4.99. The highest BCUT2D eigenvalue weighted by Gasteiger charge is 1.57. The predicted octanol–water partition coefficient (Wildman–Crippen LogP) is -0.245. The van der Waals surface area contributed by atoms with Gasteiger partial charge in [0.2, 0.25) is 0 Å². The van der Waals surface area contributed by atoms with Gasteiger partial charge in [-0.1, -0.05) is 19.4 Å². The third kappa shape index (κ3) is 30.4. The van der Waals surface area contributed by atoms with Crippen molar-refractivity contribution >= 4 is 10.2 Å². The SMILES string of the molecule is CCC[SiH3].CN. The highest BCUT2D eigenvalue weighted by Crippen LogP contribution is 1.73. The summed E-state index contributed by atoms with van der Waals surface area (Å²) >= 11 is 0. The van der Waals surface area contributed by atoms with Gasteiger partial charge in [-0.05, 0) is 7.05 Å². The third-order valence-electron chi connectivity index (χ3n) is 0.500. The molecule has 0 aromatic heterocycles. The Morgan fingerprint density at radius 2 is 1.67 bits per heavy atom. The molecule has 40 valence electrons. The number of nitrogens with two attached hydrogens (primary N) is 1. The lowest BCUT2D eigenvalue weighted by atomic mass is 10.6. The van der Waals surface area contributed by atoms with E-state index in [0.29, 0.717) is 0 Å². The Hall–Kier alpha value is 0.177. The molecule has 0 saturated heterocycles. The largest absolute Gasteiger partial charge is 0.333 e. The summed E-state index contributed by atoms with van der Waals surface area (Å²) in [5, 5.41) is 0. The molecule has 0 aliphatic heterocycles. The Morgan fingerprint density at radius 3 is 1.67 bits per heavy atom. The molecule has 1 nitrogen and oxygen atoms in total. The standard InChI is InChI=1S/C3H10Si.CH5N/c1-2-3-4;1-2/h2-3H2,1,4H3;2H2,1H3. The molecule has 0 bridgehead atoms. The smallest absolute Gasteiger partial charge is 0.00278 e. The van der Waals surface area contributed by atoms with Crippen LogP contribution in [0.3, 0.4) is 0 Å². The maximum atomic E-state index is 4.50. The minimum Gasteiger partial charge on any atom is -0.333 e. The van der Waals surface area contributed by atoms with Gasteiger partial charge in [0, 0.05) is 10.2 Å². The lowest BCUT2D eigenvalue weighted by Crippen LogP contribution is -1.69. The lowest BCUT2D eigenvalue weighted by Gasteiger charge is -1.67. The van der Waals surface area contributed by atoms with Crippen molar-refractivity contribution in [3.05, 3.63) is 0 Å². The van der Waals surface area contributed by atoms with Gasteiger partial charge in [0.05, 0.1) is 0 Å². The lowest BCUT2D eigenvalue weighted by molar-refractivity contribution is 1.08. The normalized spacial score (nSPS) is 6.50. The summed E-state index contributed by atoms with van der Waals surface area (Å²) in [6.45, 7) is 2.22. The van der Waals surface area contributed by atoms with E-state index in [9.17, 15) is 0 Å². The molecule has 0 aromatic rings. The summed E-state index contributed by atoms with van der Waals surface area (Å²) in [7, 11) is 2.89. The highest BCUT2D eigenvalue weighted by atomic mass is 28.1. The summed E-state index contributed by atoms with van der Waals surface area (Å²) in [4.78, 5) is 0. The summed E-state index contributed by atoms with van der Waals surface area (Å²) in [5.74, 6) is 0. The van der Waals surface area contributed by atoms with E-state index in [0.717, 1.165) is 0 Å². The van der Waals surface area contributed by atoms with Gasteiger partial charge in [0.25, 0.3) is 0 Å². The molecule has 0 heterocycles. The number of hydrogen-bond acceptors (Lipinski definition) is 1. The molecule has 0 aromatic carbocycles. The fraction of sp³-hybridized carbons (Fsp3) is 1.00. The van der Waals surface area contributed by atoms with Crippen molar-refractivity contribution in [1.82, 2.24) is 0 Å². The average Bonchev–Trinajstić information content (AvgIpc) is 1.72. The minimum atomic E-state index is 1.38. The van der Waals surface area contributed by atoms with Crippen molar-refractivity contribution in [3.63, 3.8) is 0 Å². The quantitative estimate of drug-likeness (QED) is 0.457. The second kappa shape index (κ2) is 19.1. The van der Waals surface area contributed by atoms with E-state index in [1.807, 2.05) is 0 Å². The van der Waals surface area contributed by atoms with Crippen LogP contribution in [0.2, 0.25) is 6.04 Å². The van der Waals surface area contributed by atoms with E-state index in [-0.39, 0.29) is 0 Å². The van der Waals surface area contributed by atoms with Gasteiger partial charge in [0.1, 0.15) is 0 Å². The molecule has 0 unspecified atom stereocenters. The molecule has 0 aliphatic carbocycles. The second-order valence-electron chi connectivity index (χ2n) is 1.000. The molecular weight excluding hydrogens is 90.1 g/mol. The Bertz CT molecular complexity index is 9.51. The molecule has 0 spiro atoms. The van der Waals surface area contributed by atoms with E-state index >= 15 is 0 Å². The summed E-state index contributed by atoms with van der Waals surface area (Å²) in [5.41, 5.74) is 4.50. The molecule has 6 heavy (non-hydrogen) atoms. The summed E-state index contributed by atoms with van der Waals surface area (Å²) in [6.07, 6.45) is 1.38. The topological polar surface area (TPSA) is 26.0 Å². The molecular formula is C4H15NSi. The second-order valence-corrected chi connectivity index (χ2v) is 2.00. The predicted molar refractivity (Wildman–Crippen MR) is 35.1 cm³/mol. The van der Waals surface area contributed by atoms with Crippen molar-refractivity contribution in [3.8, 4) is 0 Å². The van der Waals surface area contributed by atoms with Gasteiger partial charge >= 0.3 is 0 Å². The van der Waals surface area contributed by atoms with Crippen LogP contribution in [0.4, 0.5) is 0 Å². The monoisotopic (exact) mass is 105 g/mol. The van der Waals surface area contributed by atoms with E-state index in [1.54, 1.807) is 0 Å². The van der Waals surface area contributed by atoms with E-state index in [1.165, 1.54) is 29.8 Å². The highest BCUT2D eigenvalue weighted by molar-refractivity contribution is 6.08. The third-order valence-corrected chi connectivity index (χ3v) is 1.50. The van der Waals surface area contributed by atoms with Crippen LogP contribution in [0.15, 0.2) is 0 Å². The van der Waals surface area contributed by atoms with E-state index in [4.69, 9.17) is 0 Å². The zero-order chi connectivity index (χ0) is 5.41. The number of hydrogen-bond donors (Lipinski definition) is 1. The molecule has 2 N–H and O–H groups in total. The Morgan fingerprint density at radius 1 is 1.50 bits per heavy atom. The zero-order valence-corrected chi connectivity index (χ0v) is 6.99. The Labute approximate surface area is 43.4 Å². The first-order valence-electron chi connectivity index (χ1n) is 2.49. The van der Waals surface area contributed by atoms with Crippen LogP contribution in [0.1, 0.15) is 13.3 Å². The van der Waals surface area contributed by atoms with Crippen molar-refractivity contribution in [2.45, 2.75) is 19.4 Å². The van der Waals surface area contributed by atoms with Crippen LogP contribution in [0.5, 0.6) is 0 Å². The van der Waals surface area contributed by atoms with E-state index in [2.05, 4.69) is 12.7 Å². The minimum absolute atomic E-state index is 1.38. The fourth-order valence-electron chi connectivity index (χ4n) is 0. The number of rotatable bonds is 1. The van der Waals surface area contributed by atoms with Gasteiger partial charge in [0.15, 0.2) is 0 Å². The van der Waals surface area contributed by atoms with Crippen LogP contribution >= 0.6 is 0 Å². The van der Waals surface area contributed by atoms with Crippen LogP contribution in [0, 0.1) is 0 Å². The first kappa shape index (κ1) is 9.49. The molecule has 0 rings (SSSR count). The van der Waals surface area contributed by atoms with Gasteiger partial charge < -0.3 is 5.73 Å². The first-order valence-corrected chi connectivity index (χ1v) is 3.91. The van der Waals surface area contributed by atoms with Gasteiger partial charge in [-0.2, -0.15) is 0 Å². The van der Waals surface area contributed by atoms with Crippen molar-refractivity contribution in [2.24, 2.45) is 5.73 Å². The molecule has 0 radical (unpaired) electrons. The molecule has 0 aliphatic rings. The van der Waals surface area contributed by atoms with Gasteiger partial charge in [-0.15, -0.1) is 0 Å². The van der Waals surface area contributed by atoms with Crippen molar-refractivity contribution < 1.29 is 0 Å². The molecule has 0 atom stereocenters. The Kier molecular flexibility index (Phi) is 30.1. The van der Waals surface area contributed by atoms with Crippen LogP contribution in [-0.2, 0) is 0 Å². The summed E-state index contributed by atoms with van der Waals surface area (Å²) in [6, 6.07) is 1.46. The average molecular weight is 105 g/mol. The molecule has 2 heteroatoms. The van der Waals surface area contributed by atoms with Crippen molar-refractivity contribution in [2.75, 3.05) is 7.05 Å². The van der Waals surface area contributed by atoms with Gasteiger partial charge in [-0.25, -0.2) is 0 Å². The molecule has 0 amide bonds. The van der Waals surface area contributed by atoms with Crippen LogP contribution < -0.4 is 5.73 Å². The first-order chi connectivity index (χ1) is 2.91. The molecule has 0 saturated carbocycles. The van der Waals surface area contributed by atoms with Crippen molar-refractivity contribution in [1.29, 1.82) is 0 Å². The molecule has 0 fully saturated rings. The Balaban J connectivity index is 0.